The quantitative estimate of drug-likeness (QED) is 0.892. The maximum Gasteiger partial charge on any atom is 0.252 e. The summed E-state index contributed by atoms with van der Waals surface area (Å²) in [4.78, 5) is 11.8. The third-order valence-corrected chi connectivity index (χ3v) is 3.70. The van der Waals surface area contributed by atoms with Gasteiger partial charge in [0.25, 0.3) is 5.91 Å². The molecule has 0 unspecified atom stereocenters. The minimum Gasteiger partial charge on any atom is -0.352 e. The molecule has 1 fully saturated rings. The lowest BCUT2D eigenvalue weighted by Gasteiger charge is -2.25. The molecule has 1 aliphatic heterocycles. The van der Waals surface area contributed by atoms with Gasteiger partial charge in [0.2, 0.25) is 0 Å². The van der Waals surface area contributed by atoms with Gasteiger partial charge in [0.1, 0.15) is 0 Å². The van der Waals surface area contributed by atoms with Crippen molar-refractivity contribution in [1.29, 1.82) is 0 Å². The van der Waals surface area contributed by atoms with Gasteiger partial charge in [0.05, 0.1) is 13.2 Å². The molecule has 1 aliphatic rings. The van der Waals surface area contributed by atoms with E-state index in [2.05, 4.69) is 12.2 Å². The van der Waals surface area contributed by atoms with Gasteiger partial charge in [0, 0.05) is 23.9 Å². The van der Waals surface area contributed by atoms with Crippen LogP contribution in [0, 0.1) is 5.92 Å². The average Bonchev–Trinajstić information content (AvgIpc) is 2.97. The van der Waals surface area contributed by atoms with Crippen LogP contribution in [0.3, 0.4) is 0 Å². The Bertz CT molecular complexity index is 385. The standard InChI is InChI=1S/C13H19NO3S/c1-10(7-13(2)16-4-5-17-13)8-14-12(15)11-3-6-18-9-11/h3,6,9-10H,4-5,7-8H2,1-2H3,(H,14,15)/t10-/m0/s1. The molecule has 18 heavy (non-hydrogen) atoms. The first-order valence-corrected chi connectivity index (χ1v) is 7.12. The van der Waals surface area contributed by atoms with E-state index in [1.54, 1.807) is 0 Å². The van der Waals surface area contributed by atoms with Crippen molar-refractivity contribution < 1.29 is 14.3 Å². The Kier molecular flexibility index (Phi) is 4.37. The number of thiophene rings is 1. The Morgan fingerprint density at radius 3 is 2.89 bits per heavy atom. The van der Waals surface area contributed by atoms with E-state index in [1.807, 2.05) is 23.8 Å². The van der Waals surface area contributed by atoms with Crippen LogP contribution in [-0.4, -0.2) is 31.5 Å². The highest BCUT2D eigenvalue weighted by molar-refractivity contribution is 7.08. The van der Waals surface area contributed by atoms with Crippen LogP contribution in [0.15, 0.2) is 16.8 Å². The lowest BCUT2D eigenvalue weighted by atomic mass is 10.0. The number of ether oxygens (including phenoxy) is 2. The van der Waals surface area contributed by atoms with E-state index in [0.717, 1.165) is 12.0 Å². The van der Waals surface area contributed by atoms with Crippen molar-refractivity contribution in [3.63, 3.8) is 0 Å². The monoisotopic (exact) mass is 269 g/mol. The van der Waals surface area contributed by atoms with Gasteiger partial charge < -0.3 is 14.8 Å². The number of nitrogens with one attached hydrogen (secondary N) is 1. The van der Waals surface area contributed by atoms with E-state index < -0.39 is 5.79 Å². The molecule has 0 bridgehead atoms. The molecular formula is C13H19NO3S. The van der Waals surface area contributed by atoms with Crippen molar-refractivity contribution >= 4 is 17.2 Å². The molecule has 2 rings (SSSR count). The topological polar surface area (TPSA) is 47.6 Å². The van der Waals surface area contributed by atoms with Crippen LogP contribution in [-0.2, 0) is 9.47 Å². The molecule has 1 saturated heterocycles. The lowest BCUT2D eigenvalue weighted by Crippen LogP contribution is -2.34. The molecule has 4 nitrogen and oxygen atoms in total. The van der Waals surface area contributed by atoms with Gasteiger partial charge >= 0.3 is 0 Å². The minimum absolute atomic E-state index is 0.0125. The smallest absolute Gasteiger partial charge is 0.252 e. The van der Waals surface area contributed by atoms with Gasteiger partial charge in [-0.15, -0.1) is 0 Å². The predicted octanol–water partition coefficient (Wildman–Crippen LogP) is 2.27. The van der Waals surface area contributed by atoms with Crippen LogP contribution >= 0.6 is 11.3 Å². The maximum absolute atomic E-state index is 11.8. The lowest BCUT2D eigenvalue weighted by molar-refractivity contribution is -0.153. The zero-order chi connectivity index (χ0) is 13.0. The first-order chi connectivity index (χ1) is 8.59. The number of hydrogen-bond acceptors (Lipinski definition) is 4. The molecule has 2 heterocycles. The fourth-order valence-electron chi connectivity index (χ4n) is 2.14. The number of carbonyl (C=O) groups is 1. The molecule has 0 radical (unpaired) electrons. The number of carbonyl (C=O) groups excluding carboxylic acids is 1. The predicted molar refractivity (Wildman–Crippen MR) is 70.7 cm³/mol. The van der Waals surface area contributed by atoms with Gasteiger partial charge in [0.15, 0.2) is 5.79 Å². The van der Waals surface area contributed by atoms with E-state index in [0.29, 0.717) is 25.7 Å². The molecule has 1 aromatic heterocycles. The summed E-state index contributed by atoms with van der Waals surface area (Å²) in [5, 5.41) is 6.69. The minimum atomic E-state index is -0.480. The Balaban J connectivity index is 1.74. The molecule has 5 heteroatoms. The average molecular weight is 269 g/mol. The summed E-state index contributed by atoms with van der Waals surface area (Å²) in [7, 11) is 0. The highest BCUT2D eigenvalue weighted by atomic mass is 32.1. The molecular weight excluding hydrogens is 250 g/mol. The van der Waals surface area contributed by atoms with Gasteiger partial charge in [-0.3, -0.25) is 4.79 Å². The largest absolute Gasteiger partial charge is 0.352 e. The molecule has 100 valence electrons. The van der Waals surface area contributed by atoms with E-state index in [1.165, 1.54) is 11.3 Å². The van der Waals surface area contributed by atoms with Crippen molar-refractivity contribution in [2.75, 3.05) is 19.8 Å². The number of hydrogen-bond donors (Lipinski definition) is 1. The summed E-state index contributed by atoms with van der Waals surface area (Å²) in [6, 6.07) is 1.83. The molecule has 1 atom stereocenters. The summed E-state index contributed by atoms with van der Waals surface area (Å²) in [6.07, 6.45) is 0.789. The van der Waals surface area contributed by atoms with E-state index in [9.17, 15) is 4.79 Å². The molecule has 0 saturated carbocycles. The second-order valence-electron chi connectivity index (χ2n) is 4.86. The van der Waals surface area contributed by atoms with Gasteiger partial charge in [-0.05, 0) is 24.3 Å². The second-order valence-corrected chi connectivity index (χ2v) is 5.64. The second kappa shape index (κ2) is 5.82. The molecule has 0 aromatic carbocycles. The molecule has 0 spiro atoms. The SMILES string of the molecule is C[C@H](CNC(=O)c1ccsc1)CC1(C)OCCO1. The summed E-state index contributed by atoms with van der Waals surface area (Å²) in [6.45, 7) is 5.99. The van der Waals surface area contributed by atoms with Gasteiger partial charge in [-0.25, -0.2) is 0 Å². The van der Waals surface area contributed by atoms with Crippen molar-refractivity contribution in [2.45, 2.75) is 26.1 Å². The first kappa shape index (κ1) is 13.5. The Morgan fingerprint density at radius 1 is 1.56 bits per heavy atom. The zero-order valence-corrected chi connectivity index (χ0v) is 11.6. The van der Waals surface area contributed by atoms with Crippen LogP contribution in [0.1, 0.15) is 30.6 Å². The van der Waals surface area contributed by atoms with Crippen LogP contribution in [0.4, 0.5) is 0 Å². The third-order valence-electron chi connectivity index (χ3n) is 3.01. The summed E-state index contributed by atoms with van der Waals surface area (Å²) in [5.74, 6) is -0.177. The normalized spacial score (nSPS) is 19.7. The Labute approximate surface area is 111 Å². The van der Waals surface area contributed by atoms with Crippen molar-refractivity contribution in [1.82, 2.24) is 5.32 Å². The number of amides is 1. The van der Waals surface area contributed by atoms with Crippen LogP contribution < -0.4 is 5.32 Å². The van der Waals surface area contributed by atoms with Crippen molar-refractivity contribution in [2.24, 2.45) is 5.92 Å². The number of rotatable bonds is 5. The Morgan fingerprint density at radius 2 is 2.28 bits per heavy atom. The van der Waals surface area contributed by atoms with Crippen LogP contribution in [0.5, 0.6) is 0 Å². The van der Waals surface area contributed by atoms with Crippen molar-refractivity contribution in [3.8, 4) is 0 Å². The zero-order valence-electron chi connectivity index (χ0n) is 10.8. The Hall–Kier alpha value is -0.910. The highest BCUT2D eigenvalue weighted by Gasteiger charge is 2.32. The molecule has 0 aliphatic carbocycles. The summed E-state index contributed by atoms with van der Waals surface area (Å²) < 4.78 is 11.1. The summed E-state index contributed by atoms with van der Waals surface area (Å²) in [5.41, 5.74) is 0.728. The van der Waals surface area contributed by atoms with E-state index in [-0.39, 0.29) is 5.91 Å². The maximum atomic E-state index is 11.8. The highest BCUT2D eigenvalue weighted by Crippen LogP contribution is 2.26. The van der Waals surface area contributed by atoms with Gasteiger partial charge in [-0.1, -0.05) is 6.92 Å². The van der Waals surface area contributed by atoms with Gasteiger partial charge in [-0.2, -0.15) is 11.3 Å². The molecule has 1 aromatic rings. The van der Waals surface area contributed by atoms with Crippen LogP contribution in [0.25, 0.3) is 0 Å². The van der Waals surface area contributed by atoms with Crippen molar-refractivity contribution in [3.05, 3.63) is 22.4 Å². The summed E-state index contributed by atoms with van der Waals surface area (Å²) >= 11 is 1.53. The fourth-order valence-corrected chi connectivity index (χ4v) is 2.78. The fraction of sp³-hybridized carbons (Fsp3) is 0.615. The van der Waals surface area contributed by atoms with Crippen LogP contribution in [0.2, 0.25) is 0 Å². The van der Waals surface area contributed by atoms with E-state index >= 15 is 0 Å². The molecule has 1 N–H and O–H groups in total. The third kappa shape index (κ3) is 3.54. The molecule has 1 amide bonds. The van der Waals surface area contributed by atoms with E-state index in [4.69, 9.17) is 9.47 Å². The first-order valence-electron chi connectivity index (χ1n) is 6.17.